The highest BCUT2D eigenvalue weighted by atomic mass is 79.9. The van der Waals surface area contributed by atoms with E-state index in [1.165, 1.54) is 6.26 Å². The zero-order valence-electron chi connectivity index (χ0n) is 10.8. The molecule has 3 nitrogen and oxygen atoms in total. The molecule has 2 rings (SSSR count). The molecular formula is C14H14BrNO2S2. The van der Waals surface area contributed by atoms with Gasteiger partial charge in [0.2, 0.25) is 0 Å². The standard InChI is InChI=1S/C14H14BrNO2S2/c1-20(17,18)13-6-4-12(5-7-13)19-9-10-2-3-11(15)8-14(10)16/h2-8H,9,16H2,1H3. The van der Waals surface area contributed by atoms with Crippen molar-refractivity contribution < 1.29 is 8.42 Å². The molecular weight excluding hydrogens is 358 g/mol. The van der Waals surface area contributed by atoms with E-state index in [0.717, 1.165) is 26.4 Å². The number of halogens is 1. The Morgan fingerprint density at radius 1 is 1.15 bits per heavy atom. The van der Waals surface area contributed by atoms with E-state index >= 15 is 0 Å². The first-order valence-electron chi connectivity index (χ1n) is 5.83. The lowest BCUT2D eigenvalue weighted by molar-refractivity contribution is 0.602. The molecule has 0 aromatic heterocycles. The summed E-state index contributed by atoms with van der Waals surface area (Å²) in [6, 6.07) is 12.7. The van der Waals surface area contributed by atoms with E-state index in [0.29, 0.717) is 4.90 Å². The summed E-state index contributed by atoms with van der Waals surface area (Å²) in [5.74, 6) is 0.747. The molecule has 0 radical (unpaired) electrons. The van der Waals surface area contributed by atoms with Crippen LogP contribution >= 0.6 is 27.7 Å². The van der Waals surface area contributed by atoms with Crippen LogP contribution in [0.2, 0.25) is 0 Å². The summed E-state index contributed by atoms with van der Waals surface area (Å²) in [5.41, 5.74) is 7.75. The molecule has 0 fully saturated rings. The number of nitrogen functional groups attached to an aromatic ring is 1. The minimum absolute atomic E-state index is 0.338. The predicted octanol–water partition coefficient (Wildman–Crippen LogP) is 3.73. The van der Waals surface area contributed by atoms with Gasteiger partial charge in [0.15, 0.2) is 9.84 Å². The smallest absolute Gasteiger partial charge is 0.175 e. The highest BCUT2D eigenvalue weighted by Gasteiger charge is 2.07. The molecule has 0 heterocycles. The zero-order valence-corrected chi connectivity index (χ0v) is 14.1. The normalized spacial score (nSPS) is 11.5. The average Bonchev–Trinajstić information content (AvgIpc) is 2.37. The lowest BCUT2D eigenvalue weighted by Crippen LogP contribution is -1.96. The molecule has 2 N–H and O–H groups in total. The molecule has 2 aromatic carbocycles. The molecule has 0 amide bonds. The SMILES string of the molecule is CS(=O)(=O)c1ccc(SCc2ccc(Br)cc2N)cc1. The van der Waals surface area contributed by atoms with Crippen molar-refractivity contribution in [2.75, 3.05) is 12.0 Å². The van der Waals surface area contributed by atoms with Crippen LogP contribution in [-0.2, 0) is 15.6 Å². The van der Waals surface area contributed by atoms with Gasteiger partial charge >= 0.3 is 0 Å². The molecule has 0 saturated carbocycles. The third-order valence-electron chi connectivity index (χ3n) is 2.75. The van der Waals surface area contributed by atoms with Crippen molar-refractivity contribution in [3.8, 4) is 0 Å². The second-order valence-corrected chi connectivity index (χ2v) is 8.36. The van der Waals surface area contributed by atoms with E-state index in [4.69, 9.17) is 5.73 Å². The minimum Gasteiger partial charge on any atom is -0.398 e. The lowest BCUT2D eigenvalue weighted by atomic mass is 10.2. The molecule has 0 spiro atoms. The second kappa shape index (κ2) is 6.20. The van der Waals surface area contributed by atoms with Gasteiger partial charge in [-0.2, -0.15) is 0 Å². The maximum Gasteiger partial charge on any atom is 0.175 e. The fraction of sp³-hybridized carbons (Fsp3) is 0.143. The van der Waals surface area contributed by atoms with Crippen LogP contribution in [0.4, 0.5) is 5.69 Å². The molecule has 0 aliphatic heterocycles. The van der Waals surface area contributed by atoms with Gasteiger partial charge in [0.05, 0.1) is 4.90 Å². The van der Waals surface area contributed by atoms with Crippen LogP contribution in [-0.4, -0.2) is 14.7 Å². The number of hydrogen-bond donors (Lipinski definition) is 1. The van der Waals surface area contributed by atoms with Crippen LogP contribution in [0.5, 0.6) is 0 Å². The Morgan fingerprint density at radius 3 is 2.35 bits per heavy atom. The fourth-order valence-corrected chi connectivity index (χ4v) is 3.56. The fourth-order valence-electron chi connectivity index (χ4n) is 1.64. The van der Waals surface area contributed by atoms with Crippen molar-refractivity contribution in [3.05, 3.63) is 52.5 Å². The molecule has 20 heavy (non-hydrogen) atoms. The Balaban J connectivity index is 2.08. The maximum absolute atomic E-state index is 11.4. The quantitative estimate of drug-likeness (QED) is 0.656. The molecule has 2 aromatic rings. The van der Waals surface area contributed by atoms with Gasteiger partial charge < -0.3 is 5.73 Å². The summed E-state index contributed by atoms with van der Waals surface area (Å²) in [6.45, 7) is 0. The van der Waals surface area contributed by atoms with E-state index in [2.05, 4.69) is 15.9 Å². The van der Waals surface area contributed by atoms with Gasteiger partial charge in [-0.25, -0.2) is 8.42 Å². The van der Waals surface area contributed by atoms with Crippen molar-refractivity contribution in [1.29, 1.82) is 0 Å². The van der Waals surface area contributed by atoms with Gasteiger partial charge in [-0.1, -0.05) is 22.0 Å². The molecule has 0 aliphatic carbocycles. The highest BCUT2D eigenvalue weighted by molar-refractivity contribution is 9.10. The van der Waals surface area contributed by atoms with Crippen molar-refractivity contribution in [3.63, 3.8) is 0 Å². The van der Waals surface area contributed by atoms with Crippen molar-refractivity contribution in [2.45, 2.75) is 15.5 Å². The van der Waals surface area contributed by atoms with E-state index in [1.54, 1.807) is 23.9 Å². The number of rotatable bonds is 4. The molecule has 0 unspecified atom stereocenters. The van der Waals surface area contributed by atoms with Gasteiger partial charge in [0, 0.05) is 27.1 Å². The number of sulfone groups is 1. The van der Waals surface area contributed by atoms with E-state index < -0.39 is 9.84 Å². The molecule has 0 bridgehead atoms. The van der Waals surface area contributed by atoms with Gasteiger partial charge in [-0.15, -0.1) is 11.8 Å². The second-order valence-electron chi connectivity index (χ2n) is 4.38. The highest BCUT2D eigenvalue weighted by Crippen LogP contribution is 2.28. The lowest BCUT2D eigenvalue weighted by Gasteiger charge is -2.06. The minimum atomic E-state index is -3.13. The van der Waals surface area contributed by atoms with E-state index in [-0.39, 0.29) is 0 Å². The van der Waals surface area contributed by atoms with Crippen LogP contribution in [0.3, 0.4) is 0 Å². The number of nitrogens with two attached hydrogens (primary N) is 1. The molecule has 0 atom stereocenters. The summed E-state index contributed by atoms with van der Waals surface area (Å²) < 4.78 is 23.7. The van der Waals surface area contributed by atoms with Crippen LogP contribution in [0.15, 0.2) is 56.7 Å². The van der Waals surface area contributed by atoms with Crippen LogP contribution < -0.4 is 5.73 Å². The number of anilines is 1. The predicted molar refractivity (Wildman–Crippen MR) is 87.7 cm³/mol. The first kappa shape index (κ1) is 15.4. The van der Waals surface area contributed by atoms with Gasteiger partial charge in [-0.3, -0.25) is 0 Å². The summed E-state index contributed by atoms with van der Waals surface area (Å²) >= 11 is 5.00. The number of hydrogen-bond acceptors (Lipinski definition) is 4. The van der Waals surface area contributed by atoms with E-state index in [1.807, 2.05) is 30.3 Å². The molecule has 0 saturated heterocycles. The van der Waals surface area contributed by atoms with Crippen LogP contribution in [0, 0.1) is 0 Å². The first-order chi connectivity index (χ1) is 9.36. The van der Waals surface area contributed by atoms with Gasteiger partial charge in [0.25, 0.3) is 0 Å². The summed E-state index contributed by atoms with van der Waals surface area (Å²) in [6.07, 6.45) is 1.21. The van der Waals surface area contributed by atoms with Crippen molar-refractivity contribution >= 4 is 43.2 Å². The first-order valence-corrected chi connectivity index (χ1v) is 9.50. The van der Waals surface area contributed by atoms with Crippen molar-refractivity contribution in [1.82, 2.24) is 0 Å². The topological polar surface area (TPSA) is 60.2 Å². The zero-order chi connectivity index (χ0) is 14.8. The summed E-state index contributed by atoms with van der Waals surface area (Å²) in [4.78, 5) is 1.35. The van der Waals surface area contributed by atoms with Crippen LogP contribution in [0.25, 0.3) is 0 Å². The Bertz CT molecular complexity index is 712. The molecule has 6 heteroatoms. The Labute approximate surface area is 131 Å². The summed E-state index contributed by atoms with van der Waals surface area (Å²) in [5, 5.41) is 0. The molecule has 106 valence electrons. The Hall–Kier alpha value is -0.980. The van der Waals surface area contributed by atoms with Gasteiger partial charge in [-0.05, 0) is 42.0 Å². The number of thioether (sulfide) groups is 1. The monoisotopic (exact) mass is 371 g/mol. The maximum atomic E-state index is 11.4. The van der Waals surface area contributed by atoms with Crippen LogP contribution in [0.1, 0.15) is 5.56 Å². The average molecular weight is 372 g/mol. The number of benzene rings is 2. The van der Waals surface area contributed by atoms with E-state index in [9.17, 15) is 8.42 Å². The third-order valence-corrected chi connectivity index (χ3v) is 5.44. The van der Waals surface area contributed by atoms with Crippen molar-refractivity contribution in [2.24, 2.45) is 0 Å². The Kier molecular flexibility index (Phi) is 4.78. The summed E-state index contributed by atoms with van der Waals surface area (Å²) in [7, 11) is -3.13. The molecule has 0 aliphatic rings. The third kappa shape index (κ3) is 4.01. The largest absolute Gasteiger partial charge is 0.398 e. The van der Waals surface area contributed by atoms with Gasteiger partial charge in [0.1, 0.15) is 0 Å². The Morgan fingerprint density at radius 2 is 1.80 bits per heavy atom.